The van der Waals surface area contributed by atoms with Crippen LogP contribution in [0, 0.1) is 5.92 Å². The molecule has 1 aliphatic rings. The molecule has 1 saturated heterocycles. The molecular formula is C13H20F2N2O5. The molecule has 7 nitrogen and oxygen atoms in total. The zero-order valence-electron chi connectivity index (χ0n) is 12.4. The molecule has 22 heavy (non-hydrogen) atoms. The van der Waals surface area contributed by atoms with Crippen molar-refractivity contribution in [3.8, 4) is 0 Å². The lowest BCUT2D eigenvalue weighted by atomic mass is 9.92. The normalized spacial score (nSPS) is 23.0. The number of ether oxygens (including phenoxy) is 2. The fraction of sp³-hybridized carbons (Fsp3) is 0.769. The average molecular weight is 322 g/mol. The van der Waals surface area contributed by atoms with Gasteiger partial charge in [-0.3, -0.25) is 14.4 Å². The molecule has 126 valence electrons. The van der Waals surface area contributed by atoms with Gasteiger partial charge in [-0.25, -0.2) is 0 Å². The van der Waals surface area contributed by atoms with Crippen LogP contribution in [0.5, 0.6) is 0 Å². The number of hydrogen-bond donors (Lipinski definition) is 2. The van der Waals surface area contributed by atoms with Gasteiger partial charge in [0.1, 0.15) is 5.60 Å². The van der Waals surface area contributed by atoms with Gasteiger partial charge < -0.3 is 20.5 Å². The van der Waals surface area contributed by atoms with Gasteiger partial charge in [-0.2, -0.15) is 8.78 Å². The Hall–Kier alpha value is -1.61. The third kappa shape index (κ3) is 5.64. The smallest absolute Gasteiger partial charge is 0.345 e. The molecule has 0 radical (unpaired) electrons. The quantitative estimate of drug-likeness (QED) is 0.549. The molecule has 2 amide bonds. The summed E-state index contributed by atoms with van der Waals surface area (Å²) in [5, 5.41) is 2.42. The molecule has 0 saturated carbocycles. The molecule has 9 heteroatoms. The Morgan fingerprint density at radius 2 is 2.00 bits per heavy atom. The van der Waals surface area contributed by atoms with Crippen molar-refractivity contribution >= 4 is 17.6 Å². The number of ketones is 1. The highest BCUT2D eigenvalue weighted by molar-refractivity contribution is 5.96. The highest BCUT2D eigenvalue weighted by Gasteiger charge is 2.50. The van der Waals surface area contributed by atoms with E-state index in [1.807, 2.05) is 0 Å². The first-order chi connectivity index (χ1) is 10.2. The van der Waals surface area contributed by atoms with Crippen molar-refractivity contribution in [1.29, 1.82) is 0 Å². The van der Waals surface area contributed by atoms with E-state index in [0.717, 1.165) is 0 Å². The number of nitrogens with one attached hydrogen (secondary N) is 1. The molecule has 0 aromatic heterocycles. The molecule has 0 spiro atoms. The second-order valence-electron chi connectivity index (χ2n) is 5.42. The van der Waals surface area contributed by atoms with Crippen molar-refractivity contribution in [1.82, 2.24) is 5.32 Å². The summed E-state index contributed by atoms with van der Waals surface area (Å²) in [6.45, 7) is -0.0890. The van der Waals surface area contributed by atoms with E-state index in [9.17, 15) is 23.2 Å². The molecule has 1 rings (SSSR count). The van der Waals surface area contributed by atoms with Gasteiger partial charge in [-0.1, -0.05) is 6.92 Å². The van der Waals surface area contributed by atoms with Crippen LogP contribution in [0.15, 0.2) is 0 Å². The minimum absolute atomic E-state index is 0.0224. The van der Waals surface area contributed by atoms with Gasteiger partial charge in [0, 0.05) is 5.92 Å². The SMILES string of the molecule is C[C@@H](C[C@H](NC(=O)CCOC(F)F)C(=O)[C@@]1(C)CO1)C(N)=O. The molecule has 3 atom stereocenters. The average Bonchev–Trinajstić information content (AvgIpc) is 3.15. The second-order valence-corrected chi connectivity index (χ2v) is 5.42. The molecule has 0 aromatic rings. The van der Waals surface area contributed by atoms with E-state index in [0.29, 0.717) is 0 Å². The zero-order chi connectivity index (χ0) is 16.9. The lowest BCUT2D eigenvalue weighted by Crippen LogP contribution is -2.48. The molecule has 0 aromatic carbocycles. The summed E-state index contributed by atoms with van der Waals surface area (Å²) < 4.78 is 32.7. The summed E-state index contributed by atoms with van der Waals surface area (Å²) in [6.07, 6.45) is -0.300. The van der Waals surface area contributed by atoms with Crippen molar-refractivity contribution in [3.05, 3.63) is 0 Å². The van der Waals surface area contributed by atoms with Gasteiger partial charge >= 0.3 is 6.61 Å². The van der Waals surface area contributed by atoms with Crippen LogP contribution in [-0.2, 0) is 23.9 Å². The summed E-state index contributed by atoms with van der Waals surface area (Å²) in [7, 11) is 0. The summed E-state index contributed by atoms with van der Waals surface area (Å²) in [5.74, 6) is -2.23. The van der Waals surface area contributed by atoms with E-state index in [2.05, 4.69) is 10.1 Å². The van der Waals surface area contributed by atoms with Crippen LogP contribution in [0.4, 0.5) is 8.78 Å². The van der Waals surface area contributed by atoms with Crippen LogP contribution in [-0.4, -0.2) is 49.1 Å². The van der Waals surface area contributed by atoms with Gasteiger partial charge in [0.25, 0.3) is 0 Å². The lowest BCUT2D eigenvalue weighted by molar-refractivity contribution is -0.141. The summed E-state index contributed by atoms with van der Waals surface area (Å²) in [6, 6.07) is -0.964. The van der Waals surface area contributed by atoms with E-state index in [-0.39, 0.29) is 25.2 Å². The first-order valence-corrected chi connectivity index (χ1v) is 6.82. The maximum absolute atomic E-state index is 12.3. The van der Waals surface area contributed by atoms with Crippen molar-refractivity contribution in [2.45, 2.75) is 44.9 Å². The number of alkyl halides is 2. The molecule has 0 unspecified atom stereocenters. The topological polar surface area (TPSA) is 111 Å². The Bertz CT molecular complexity index is 440. The molecule has 1 aliphatic heterocycles. The molecule has 1 fully saturated rings. The number of amides is 2. The third-order valence-corrected chi connectivity index (χ3v) is 3.40. The Kier molecular flexibility index (Phi) is 6.36. The maximum atomic E-state index is 12.3. The van der Waals surface area contributed by atoms with E-state index < -0.39 is 42.6 Å². The van der Waals surface area contributed by atoms with Crippen LogP contribution in [0.1, 0.15) is 26.7 Å². The van der Waals surface area contributed by atoms with Crippen LogP contribution in [0.2, 0.25) is 0 Å². The number of epoxide rings is 1. The Morgan fingerprint density at radius 1 is 1.41 bits per heavy atom. The van der Waals surface area contributed by atoms with E-state index in [4.69, 9.17) is 10.5 Å². The number of carbonyl (C=O) groups is 3. The van der Waals surface area contributed by atoms with E-state index in [1.54, 1.807) is 6.92 Å². The summed E-state index contributed by atoms with van der Waals surface area (Å²) in [5.41, 5.74) is 4.18. The van der Waals surface area contributed by atoms with Crippen LogP contribution in [0.25, 0.3) is 0 Å². The van der Waals surface area contributed by atoms with Crippen molar-refractivity contribution in [2.75, 3.05) is 13.2 Å². The van der Waals surface area contributed by atoms with Crippen molar-refractivity contribution in [3.63, 3.8) is 0 Å². The van der Waals surface area contributed by atoms with Crippen LogP contribution in [0.3, 0.4) is 0 Å². The maximum Gasteiger partial charge on any atom is 0.345 e. The minimum Gasteiger partial charge on any atom is -0.369 e. The monoisotopic (exact) mass is 322 g/mol. The number of Topliss-reactive ketones (excluding diaryl/α,β-unsaturated/α-hetero) is 1. The fourth-order valence-electron chi connectivity index (χ4n) is 1.83. The second kappa shape index (κ2) is 7.59. The predicted molar refractivity (Wildman–Crippen MR) is 70.8 cm³/mol. The van der Waals surface area contributed by atoms with Gasteiger partial charge in [0.2, 0.25) is 11.8 Å². The van der Waals surface area contributed by atoms with Gasteiger partial charge in [-0.15, -0.1) is 0 Å². The highest BCUT2D eigenvalue weighted by atomic mass is 19.3. The predicted octanol–water partition coefficient (Wildman–Crippen LogP) is -0.0300. The lowest BCUT2D eigenvalue weighted by Gasteiger charge is -2.21. The standard InChI is InChI=1S/C13H20F2N2O5/c1-7(11(16)20)5-8(10(19)13(2)6-22-13)17-9(18)3-4-21-12(14)15/h7-8,12H,3-6H2,1-2H3,(H2,16,20)(H,17,18)/t7-,8-,13+/m0/s1. The first kappa shape index (κ1) is 18.4. The first-order valence-electron chi connectivity index (χ1n) is 6.82. The number of carbonyl (C=O) groups excluding carboxylic acids is 3. The Balaban J connectivity index is 2.59. The number of rotatable bonds is 10. The molecule has 3 N–H and O–H groups in total. The zero-order valence-corrected chi connectivity index (χ0v) is 12.4. The molecule has 1 heterocycles. The van der Waals surface area contributed by atoms with Crippen LogP contribution < -0.4 is 11.1 Å². The van der Waals surface area contributed by atoms with Gasteiger partial charge in [0.05, 0.1) is 25.7 Å². The van der Waals surface area contributed by atoms with E-state index in [1.165, 1.54) is 6.92 Å². The summed E-state index contributed by atoms with van der Waals surface area (Å²) in [4.78, 5) is 35.1. The largest absolute Gasteiger partial charge is 0.369 e. The van der Waals surface area contributed by atoms with Crippen LogP contribution >= 0.6 is 0 Å². The molecule has 0 aliphatic carbocycles. The van der Waals surface area contributed by atoms with Crippen molar-refractivity contribution < 1.29 is 32.6 Å². The number of primary amides is 1. The molecular weight excluding hydrogens is 302 g/mol. The third-order valence-electron chi connectivity index (χ3n) is 3.40. The van der Waals surface area contributed by atoms with Gasteiger partial charge in [0.15, 0.2) is 5.78 Å². The van der Waals surface area contributed by atoms with Crippen molar-refractivity contribution in [2.24, 2.45) is 11.7 Å². The fourth-order valence-corrected chi connectivity index (χ4v) is 1.83. The Morgan fingerprint density at radius 3 is 2.45 bits per heavy atom. The number of hydrogen-bond acceptors (Lipinski definition) is 5. The van der Waals surface area contributed by atoms with Gasteiger partial charge in [-0.05, 0) is 13.3 Å². The molecule has 0 bridgehead atoms. The summed E-state index contributed by atoms with van der Waals surface area (Å²) >= 11 is 0. The highest BCUT2D eigenvalue weighted by Crippen LogP contribution is 2.29. The number of halogens is 2. The van der Waals surface area contributed by atoms with E-state index >= 15 is 0 Å². The Labute approximate surface area is 126 Å². The minimum atomic E-state index is -2.96. The number of nitrogens with two attached hydrogens (primary N) is 1.